The minimum atomic E-state index is 0.200. The van der Waals surface area contributed by atoms with Crippen LogP contribution in [0.3, 0.4) is 0 Å². The first-order chi connectivity index (χ1) is 10.2. The van der Waals surface area contributed by atoms with Crippen molar-refractivity contribution in [2.24, 2.45) is 0 Å². The van der Waals surface area contributed by atoms with E-state index in [0.29, 0.717) is 12.1 Å². The van der Waals surface area contributed by atoms with Crippen LogP contribution in [0.2, 0.25) is 0 Å². The molecule has 1 saturated heterocycles. The Bertz CT molecular complexity index is 451. The van der Waals surface area contributed by atoms with Crippen molar-refractivity contribution in [2.45, 2.75) is 89.6 Å². The van der Waals surface area contributed by atoms with Gasteiger partial charge in [0, 0.05) is 18.8 Å². The first-order valence-electron chi connectivity index (χ1n) is 8.45. The molecule has 1 unspecified atom stereocenters. The van der Waals surface area contributed by atoms with Gasteiger partial charge in [0.2, 0.25) is 0 Å². The summed E-state index contributed by atoms with van der Waals surface area (Å²) in [4.78, 5) is 0. The second-order valence-electron chi connectivity index (χ2n) is 6.99. The second-order valence-corrected chi connectivity index (χ2v) is 6.99. The molecule has 2 fully saturated rings. The van der Waals surface area contributed by atoms with Crippen molar-refractivity contribution >= 4 is 0 Å². The van der Waals surface area contributed by atoms with Gasteiger partial charge in [0.25, 0.3) is 0 Å². The Kier molecular flexibility index (Phi) is 4.60. The van der Waals surface area contributed by atoms with Gasteiger partial charge in [0.05, 0.1) is 23.9 Å². The van der Waals surface area contributed by atoms with Crippen LogP contribution >= 0.6 is 0 Å². The SMILES string of the molecule is CC(C)NCc1cn(CC2CCC3(CCCCC3)O2)nn1. The highest BCUT2D eigenvalue weighted by molar-refractivity contribution is 4.94. The summed E-state index contributed by atoms with van der Waals surface area (Å²) in [5, 5.41) is 11.8. The third-order valence-electron chi connectivity index (χ3n) is 4.77. The van der Waals surface area contributed by atoms with Crippen molar-refractivity contribution in [1.29, 1.82) is 0 Å². The number of hydrogen-bond donors (Lipinski definition) is 1. The van der Waals surface area contributed by atoms with Crippen LogP contribution in [0.1, 0.15) is 64.5 Å². The summed E-state index contributed by atoms with van der Waals surface area (Å²) in [7, 11) is 0. The summed E-state index contributed by atoms with van der Waals surface area (Å²) < 4.78 is 8.35. The van der Waals surface area contributed by atoms with Crippen molar-refractivity contribution < 1.29 is 4.74 Å². The molecule has 1 aliphatic carbocycles. The van der Waals surface area contributed by atoms with E-state index < -0.39 is 0 Å². The van der Waals surface area contributed by atoms with E-state index in [1.807, 2.05) is 10.9 Å². The maximum Gasteiger partial charge on any atom is 0.0964 e. The first-order valence-corrected chi connectivity index (χ1v) is 8.45. The number of hydrogen-bond acceptors (Lipinski definition) is 4. The lowest BCUT2D eigenvalue weighted by Crippen LogP contribution is -2.32. The molecule has 2 aliphatic rings. The predicted molar refractivity (Wildman–Crippen MR) is 81.9 cm³/mol. The van der Waals surface area contributed by atoms with E-state index in [1.165, 1.54) is 44.9 Å². The zero-order valence-electron chi connectivity index (χ0n) is 13.3. The number of ether oxygens (including phenoxy) is 1. The average molecular weight is 292 g/mol. The summed E-state index contributed by atoms with van der Waals surface area (Å²) >= 11 is 0. The fourth-order valence-corrected chi connectivity index (χ4v) is 3.61. The topological polar surface area (TPSA) is 52.0 Å². The molecule has 2 heterocycles. The number of rotatable bonds is 5. The molecule has 0 radical (unpaired) electrons. The lowest BCUT2D eigenvalue weighted by Gasteiger charge is -2.33. The van der Waals surface area contributed by atoms with E-state index in [-0.39, 0.29) is 5.60 Å². The third kappa shape index (κ3) is 3.83. The molecule has 118 valence electrons. The Hall–Kier alpha value is -0.940. The monoisotopic (exact) mass is 292 g/mol. The van der Waals surface area contributed by atoms with Crippen LogP contribution in [0.25, 0.3) is 0 Å². The van der Waals surface area contributed by atoms with Gasteiger partial charge < -0.3 is 10.1 Å². The van der Waals surface area contributed by atoms with Gasteiger partial charge in [-0.3, -0.25) is 0 Å². The molecule has 0 amide bonds. The quantitative estimate of drug-likeness (QED) is 0.906. The largest absolute Gasteiger partial charge is 0.370 e. The average Bonchev–Trinajstić information content (AvgIpc) is 3.06. The summed E-state index contributed by atoms with van der Waals surface area (Å²) in [5.41, 5.74) is 1.21. The van der Waals surface area contributed by atoms with Gasteiger partial charge in [0.15, 0.2) is 0 Å². The molecule has 1 atom stereocenters. The highest BCUT2D eigenvalue weighted by Crippen LogP contribution is 2.42. The van der Waals surface area contributed by atoms with Gasteiger partial charge in [-0.2, -0.15) is 0 Å². The molecular weight excluding hydrogens is 264 g/mol. The molecule has 1 aliphatic heterocycles. The van der Waals surface area contributed by atoms with Crippen LogP contribution in [0.15, 0.2) is 6.20 Å². The molecule has 21 heavy (non-hydrogen) atoms. The summed E-state index contributed by atoms with van der Waals surface area (Å²) in [6, 6.07) is 0.472. The molecule has 5 heteroatoms. The molecule has 3 rings (SSSR count). The predicted octanol–water partition coefficient (Wildman–Crippen LogP) is 2.66. The van der Waals surface area contributed by atoms with E-state index in [1.54, 1.807) is 0 Å². The first kappa shape index (κ1) is 15.0. The minimum Gasteiger partial charge on any atom is -0.370 e. The normalized spacial score (nSPS) is 25.0. The van der Waals surface area contributed by atoms with Crippen molar-refractivity contribution in [1.82, 2.24) is 20.3 Å². The van der Waals surface area contributed by atoms with Gasteiger partial charge in [0.1, 0.15) is 0 Å². The van der Waals surface area contributed by atoms with Gasteiger partial charge in [-0.25, -0.2) is 4.68 Å². The van der Waals surface area contributed by atoms with Crippen molar-refractivity contribution in [3.05, 3.63) is 11.9 Å². The lowest BCUT2D eigenvalue weighted by atomic mass is 9.83. The Labute approximate surface area is 127 Å². The third-order valence-corrected chi connectivity index (χ3v) is 4.77. The van der Waals surface area contributed by atoms with Crippen LogP contribution in [0, 0.1) is 0 Å². The van der Waals surface area contributed by atoms with Crippen LogP contribution in [0.5, 0.6) is 0 Å². The molecular formula is C16H28N4O. The molecule has 1 spiro atoms. The van der Waals surface area contributed by atoms with E-state index in [2.05, 4.69) is 29.5 Å². The van der Waals surface area contributed by atoms with Crippen molar-refractivity contribution in [3.8, 4) is 0 Å². The van der Waals surface area contributed by atoms with Crippen LogP contribution in [-0.2, 0) is 17.8 Å². The molecule has 5 nitrogen and oxygen atoms in total. The van der Waals surface area contributed by atoms with E-state index >= 15 is 0 Å². The van der Waals surface area contributed by atoms with Crippen molar-refractivity contribution in [2.75, 3.05) is 0 Å². The zero-order valence-corrected chi connectivity index (χ0v) is 13.3. The smallest absolute Gasteiger partial charge is 0.0964 e. The van der Waals surface area contributed by atoms with Crippen LogP contribution in [0.4, 0.5) is 0 Å². The Balaban J connectivity index is 1.51. The Morgan fingerprint density at radius 2 is 2.14 bits per heavy atom. The summed E-state index contributed by atoms with van der Waals surface area (Å²) in [6.07, 6.45) is 11.3. The van der Waals surface area contributed by atoms with Gasteiger partial charge in [-0.1, -0.05) is 38.3 Å². The van der Waals surface area contributed by atoms with Crippen LogP contribution in [-0.4, -0.2) is 32.7 Å². The molecule has 0 aromatic carbocycles. The number of nitrogens with zero attached hydrogens (tertiary/aromatic N) is 3. The molecule has 1 aromatic heterocycles. The highest BCUT2D eigenvalue weighted by atomic mass is 16.5. The fraction of sp³-hybridized carbons (Fsp3) is 0.875. The number of nitrogens with one attached hydrogen (secondary N) is 1. The summed E-state index contributed by atoms with van der Waals surface area (Å²) in [5.74, 6) is 0. The van der Waals surface area contributed by atoms with E-state index in [0.717, 1.165) is 18.8 Å². The molecule has 1 N–H and O–H groups in total. The highest BCUT2D eigenvalue weighted by Gasteiger charge is 2.40. The number of aromatic nitrogens is 3. The summed E-state index contributed by atoms with van der Waals surface area (Å²) in [6.45, 7) is 5.91. The van der Waals surface area contributed by atoms with Gasteiger partial charge >= 0.3 is 0 Å². The molecule has 1 aromatic rings. The zero-order chi connectivity index (χ0) is 14.7. The maximum atomic E-state index is 6.40. The van der Waals surface area contributed by atoms with Gasteiger partial charge in [-0.05, 0) is 25.7 Å². The van der Waals surface area contributed by atoms with Gasteiger partial charge in [-0.15, -0.1) is 5.10 Å². The molecule has 1 saturated carbocycles. The van der Waals surface area contributed by atoms with E-state index in [9.17, 15) is 0 Å². The van der Waals surface area contributed by atoms with Crippen molar-refractivity contribution in [3.63, 3.8) is 0 Å². The second kappa shape index (κ2) is 6.44. The lowest BCUT2D eigenvalue weighted by molar-refractivity contribution is -0.0689. The fourth-order valence-electron chi connectivity index (χ4n) is 3.61. The molecule has 0 bridgehead atoms. The Morgan fingerprint density at radius 3 is 2.90 bits per heavy atom. The van der Waals surface area contributed by atoms with Crippen LogP contribution < -0.4 is 5.32 Å². The maximum absolute atomic E-state index is 6.40. The Morgan fingerprint density at radius 1 is 1.33 bits per heavy atom. The van der Waals surface area contributed by atoms with E-state index in [4.69, 9.17) is 4.74 Å². The standard InChI is InChI=1S/C16H28N4O/c1-13(2)17-10-14-11-20(19-18-14)12-15-6-9-16(21-15)7-4-3-5-8-16/h11,13,15,17H,3-10,12H2,1-2H3. The minimum absolute atomic E-state index is 0.200.